The highest BCUT2D eigenvalue weighted by atomic mass is 79.9. The van der Waals surface area contributed by atoms with Gasteiger partial charge in [-0.1, -0.05) is 0 Å². The van der Waals surface area contributed by atoms with Crippen LogP contribution in [0.4, 0.5) is 0 Å². The first kappa shape index (κ1) is 18.6. The normalized spacial score (nSPS) is 18.2. The van der Waals surface area contributed by atoms with E-state index in [2.05, 4.69) is 42.2 Å². The van der Waals surface area contributed by atoms with Crippen LogP contribution in [0.15, 0.2) is 31.8 Å². The van der Waals surface area contributed by atoms with Crippen LogP contribution in [0.1, 0.15) is 18.4 Å². The Morgan fingerprint density at radius 3 is 2.67 bits per heavy atom. The molecule has 1 aromatic rings. The van der Waals surface area contributed by atoms with Gasteiger partial charge in [0.25, 0.3) is 5.91 Å². The molecule has 1 atom stereocenters. The Bertz CT molecular complexity index is 664. The second-order valence-electron chi connectivity index (χ2n) is 5.06. The number of amides is 1. The van der Waals surface area contributed by atoms with Crippen LogP contribution in [-0.4, -0.2) is 31.7 Å². The van der Waals surface area contributed by atoms with Gasteiger partial charge in [-0.25, -0.2) is 0 Å². The molecule has 1 aliphatic heterocycles. The molecule has 1 saturated heterocycles. The molecule has 7 nitrogen and oxygen atoms in total. The highest BCUT2D eigenvalue weighted by Crippen LogP contribution is 2.35. The molecule has 130 valence electrons. The molecule has 0 saturated carbocycles. The Balaban J connectivity index is 2.03. The molecule has 0 spiro atoms. The van der Waals surface area contributed by atoms with Crippen LogP contribution in [-0.2, 0) is 9.53 Å². The van der Waals surface area contributed by atoms with Gasteiger partial charge in [-0.05, 0) is 62.1 Å². The molecule has 1 unspecified atom stereocenters. The first-order valence-electron chi connectivity index (χ1n) is 7.18. The molecule has 9 heteroatoms. The summed E-state index contributed by atoms with van der Waals surface area (Å²) in [6.45, 7) is 0.496. The topological polar surface area (TPSA) is 112 Å². The summed E-state index contributed by atoms with van der Waals surface area (Å²) in [5, 5.41) is 2.78. The van der Waals surface area contributed by atoms with Gasteiger partial charge >= 0.3 is 0 Å². The van der Waals surface area contributed by atoms with Crippen molar-refractivity contribution in [1.82, 2.24) is 5.32 Å². The average Bonchev–Trinajstić information content (AvgIpc) is 2.83. The molecule has 0 radical (unpaired) electrons. The van der Waals surface area contributed by atoms with Crippen LogP contribution in [0.25, 0.3) is 6.08 Å². The minimum Gasteiger partial charge on any atom is -0.494 e. The Hall–Kier alpha value is -1.74. The predicted molar refractivity (Wildman–Crippen MR) is 99.3 cm³/mol. The number of nitrogens with one attached hydrogen (secondary N) is 1. The zero-order valence-electron chi connectivity index (χ0n) is 13.0. The van der Waals surface area contributed by atoms with Gasteiger partial charge < -0.3 is 26.3 Å². The van der Waals surface area contributed by atoms with Crippen molar-refractivity contribution in [2.45, 2.75) is 19.1 Å². The van der Waals surface area contributed by atoms with Crippen LogP contribution in [0.2, 0.25) is 0 Å². The number of nitrogens with zero attached hydrogens (tertiary/aromatic N) is 1. The predicted octanol–water partition coefficient (Wildman–Crippen LogP) is 2.09. The lowest BCUT2D eigenvalue weighted by molar-refractivity contribution is -0.116. The molecule has 0 aliphatic carbocycles. The highest BCUT2D eigenvalue weighted by molar-refractivity contribution is 9.11. The van der Waals surface area contributed by atoms with E-state index in [0.29, 0.717) is 25.1 Å². The van der Waals surface area contributed by atoms with Crippen LogP contribution in [0, 0.1) is 0 Å². The number of nitrogens with two attached hydrogens (primary N) is 2. The van der Waals surface area contributed by atoms with Gasteiger partial charge in [0.05, 0.1) is 16.1 Å². The van der Waals surface area contributed by atoms with E-state index in [1.165, 1.54) is 0 Å². The van der Waals surface area contributed by atoms with Gasteiger partial charge in [-0.2, -0.15) is 0 Å². The zero-order valence-corrected chi connectivity index (χ0v) is 16.2. The lowest BCUT2D eigenvalue weighted by atomic mass is 10.2. The molecule has 1 amide bonds. The van der Waals surface area contributed by atoms with Gasteiger partial charge in [0, 0.05) is 13.0 Å². The van der Waals surface area contributed by atoms with Crippen molar-refractivity contribution in [2.24, 2.45) is 16.5 Å². The van der Waals surface area contributed by atoms with Gasteiger partial charge in [0.2, 0.25) is 0 Å². The molecule has 5 N–H and O–H groups in total. The number of guanidine groups is 1. The fourth-order valence-corrected chi connectivity index (χ4v) is 3.72. The number of hydrogen-bond donors (Lipinski definition) is 3. The molecule has 0 bridgehead atoms. The Morgan fingerprint density at radius 1 is 1.42 bits per heavy atom. The van der Waals surface area contributed by atoms with Crippen molar-refractivity contribution in [3.63, 3.8) is 0 Å². The van der Waals surface area contributed by atoms with Crippen molar-refractivity contribution in [3.05, 3.63) is 32.4 Å². The monoisotopic (exact) mass is 460 g/mol. The molecular weight excluding hydrogens is 444 g/mol. The molecule has 1 heterocycles. The minimum atomic E-state index is -0.372. The quantitative estimate of drug-likeness (QED) is 0.260. The first-order valence-corrected chi connectivity index (χ1v) is 8.77. The Morgan fingerprint density at radius 2 is 2.08 bits per heavy atom. The van der Waals surface area contributed by atoms with Gasteiger partial charge in [-0.3, -0.25) is 9.79 Å². The van der Waals surface area contributed by atoms with E-state index < -0.39 is 0 Å². The van der Waals surface area contributed by atoms with Gasteiger partial charge in [0.15, 0.2) is 17.9 Å². The van der Waals surface area contributed by atoms with E-state index in [0.717, 1.165) is 14.5 Å². The number of hydrogen-bond acceptors (Lipinski definition) is 4. The number of halogens is 2. The molecule has 0 aromatic heterocycles. The standard InChI is InChI=1S/C15H18Br2N4O3/c1-23-13-9(16)5-8(6-10(13)17)7-11-14(22)21-12(24-11)3-2-4-20-15(18)19/h5-7,12H,2-4H2,1H3,(H,21,22)(H4,18,19,20)/b11-7-. The fourth-order valence-electron chi connectivity index (χ4n) is 2.18. The van der Waals surface area contributed by atoms with E-state index in [1.807, 2.05) is 12.1 Å². The summed E-state index contributed by atoms with van der Waals surface area (Å²) in [6.07, 6.45) is 2.63. The SMILES string of the molecule is COc1c(Br)cc(/C=C2\OC(CCCN=C(N)N)NC2=O)cc1Br. The number of aliphatic imine (C=N–C) groups is 1. The number of carbonyl (C=O) groups is 1. The minimum absolute atomic E-state index is 0.0580. The van der Waals surface area contributed by atoms with Crippen molar-refractivity contribution in [3.8, 4) is 5.75 Å². The van der Waals surface area contributed by atoms with Crippen molar-refractivity contribution < 1.29 is 14.3 Å². The van der Waals surface area contributed by atoms with Crippen LogP contribution in [0.5, 0.6) is 5.75 Å². The molecule has 1 aromatic carbocycles. The number of methoxy groups -OCH3 is 1. The van der Waals surface area contributed by atoms with Crippen molar-refractivity contribution in [2.75, 3.05) is 13.7 Å². The summed E-state index contributed by atoms with van der Waals surface area (Å²) >= 11 is 6.86. The smallest absolute Gasteiger partial charge is 0.289 e. The number of benzene rings is 1. The molecular formula is C15H18Br2N4O3. The maximum absolute atomic E-state index is 12.0. The lowest BCUT2D eigenvalue weighted by Crippen LogP contribution is -2.26. The third kappa shape index (κ3) is 4.88. The Labute approximate surface area is 156 Å². The van der Waals surface area contributed by atoms with Crippen LogP contribution >= 0.6 is 31.9 Å². The third-order valence-corrected chi connectivity index (χ3v) is 4.40. The maximum atomic E-state index is 12.0. The van der Waals surface area contributed by atoms with E-state index in [1.54, 1.807) is 13.2 Å². The van der Waals surface area contributed by atoms with Crippen LogP contribution in [0.3, 0.4) is 0 Å². The van der Waals surface area contributed by atoms with E-state index >= 15 is 0 Å². The first-order chi connectivity index (χ1) is 11.4. The van der Waals surface area contributed by atoms with E-state index in [-0.39, 0.29) is 23.9 Å². The summed E-state index contributed by atoms with van der Waals surface area (Å²) in [7, 11) is 1.59. The molecule has 1 fully saturated rings. The second-order valence-corrected chi connectivity index (χ2v) is 6.76. The van der Waals surface area contributed by atoms with Crippen molar-refractivity contribution >= 4 is 49.8 Å². The van der Waals surface area contributed by atoms with Crippen LogP contribution < -0.4 is 21.5 Å². The third-order valence-electron chi connectivity index (χ3n) is 3.23. The van der Waals surface area contributed by atoms with E-state index in [4.69, 9.17) is 20.9 Å². The number of carbonyl (C=O) groups excluding carboxylic acids is 1. The second kappa shape index (κ2) is 8.39. The zero-order chi connectivity index (χ0) is 17.7. The maximum Gasteiger partial charge on any atom is 0.289 e. The number of rotatable bonds is 6. The highest BCUT2D eigenvalue weighted by Gasteiger charge is 2.27. The summed E-state index contributed by atoms with van der Waals surface area (Å²) in [4.78, 5) is 15.9. The van der Waals surface area contributed by atoms with Gasteiger partial charge in [0.1, 0.15) is 5.75 Å². The fraction of sp³-hybridized carbons (Fsp3) is 0.333. The summed E-state index contributed by atoms with van der Waals surface area (Å²) in [5.41, 5.74) is 11.3. The molecule has 2 rings (SSSR count). The molecule has 1 aliphatic rings. The van der Waals surface area contributed by atoms with Crippen molar-refractivity contribution in [1.29, 1.82) is 0 Å². The number of ether oxygens (including phenoxy) is 2. The van der Waals surface area contributed by atoms with E-state index in [9.17, 15) is 4.79 Å². The Kier molecular flexibility index (Phi) is 6.50. The lowest BCUT2D eigenvalue weighted by Gasteiger charge is -2.09. The average molecular weight is 462 g/mol. The summed E-state index contributed by atoms with van der Waals surface area (Å²) < 4.78 is 12.5. The largest absolute Gasteiger partial charge is 0.494 e. The van der Waals surface area contributed by atoms with Gasteiger partial charge in [-0.15, -0.1) is 0 Å². The molecule has 24 heavy (non-hydrogen) atoms. The summed E-state index contributed by atoms with van der Waals surface area (Å²) in [5.74, 6) is 0.768. The summed E-state index contributed by atoms with van der Waals surface area (Å²) in [6, 6.07) is 3.69.